The van der Waals surface area contributed by atoms with Crippen LogP contribution in [-0.2, 0) is 0 Å². The minimum absolute atomic E-state index is 0.552. The fraction of sp³-hybridized carbons (Fsp3) is 0.467. The van der Waals surface area contributed by atoms with Crippen molar-refractivity contribution in [3.05, 3.63) is 29.0 Å². The molecule has 0 amide bonds. The van der Waals surface area contributed by atoms with Crippen LogP contribution in [0.3, 0.4) is 0 Å². The Morgan fingerprint density at radius 2 is 2.30 bits per heavy atom. The fourth-order valence-corrected chi connectivity index (χ4v) is 4.34. The monoisotopic (exact) mass is 351 g/mol. The number of anilines is 1. The van der Waals surface area contributed by atoms with Gasteiger partial charge in [-0.3, -0.25) is 9.97 Å². The molecule has 0 spiro atoms. The zero-order valence-corrected chi connectivity index (χ0v) is 13.9. The Bertz CT molecular complexity index is 605. The number of nitrogens with one attached hydrogen (secondary N) is 1. The number of aromatic nitrogens is 2. The molecule has 20 heavy (non-hydrogen) atoms. The van der Waals surface area contributed by atoms with E-state index in [0.717, 1.165) is 26.4 Å². The van der Waals surface area contributed by atoms with E-state index in [1.165, 1.54) is 25.0 Å². The third-order valence-corrected chi connectivity index (χ3v) is 5.48. The first kappa shape index (κ1) is 14.1. The molecule has 1 aliphatic rings. The average molecular weight is 352 g/mol. The van der Waals surface area contributed by atoms with Crippen molar-refractivity contribution in [2.24, 2.45) is 0 Å². The van der Waals surface area contributed by atoms with Crippen LogP contribution in [0.5, 0.6) is 0 Å². The van der Waals surface area contributed by atoms with Crippen LogP contribution in [0.25, 0.3) is 11.0 Å². The predicted molar refractivity (Wildman–Crippen MR) is 90.4 cm³/mol. The molecule has 2 aromatic heterocycles. The molecule has 2 aromatic rings. The first-order valence-corrected chi connectivity index (χ1v) is 8.90. The van der Waals surface area contributed by atoms with Crippen molar-refractivity contribution in [1.82, 2.24) is 9.97 Å². The van der Waals surface area contributed by atoms with Gasteiger partial charge in [0.05, 0.1) is 11.2 Å². The van der Waals surface area contributed by atoms with Crippen LogP contribution in [0.15, 0.2) is 29.0 Å². The minimum atomic E-state index is 0.552. The fourth-order valence-electron chi connectivity index (χ4n) is 2.83. The van der Waals surface area contributed by atoms with Crippen molar-refractivity contribution in [1.29, 1.82) is 0 Å². The van der Waals surface area contributed by atoms with Gasteiger partial charge in [-0.25, -0.2) is 0 Å². The van der Waals surface area contributed by atoms with E-state index in [0.29, 0.717) is 6.04 Å². The second-order valence-electron chi connectivity index (χ2n) is 5.06. The van der Waals surface area contributed by atoms with Gasteiger partial charge in [-0.05, 0) is 46.7 Å². The second-order valence-corrected chi connectivity index (χ2v) is 7.49. The summed E-state index contributed by atoms with van der Waals surface area (Å²) in [6.45, 7) is 2.24. The van der Waals surface area contributed by atoms with Crippen molar-refractivity contribution in [2.45, 2.75) is 37.5 Å². The second kappa shape index (κ2) is 6.31. The SMILES string of the molecule is CCSC1CCCC1Nc1ccnc2cc(Br)cnc12. The molecule has 0 radical (unpaired) electrons. The molecule has 106 valence electrons. The summed E-state index contributed by atoms with van der Waals surface area (Å²) >= 11 is 5.52. The number of pyridine rings is 2. The highest BCUT2D eigenvalue weighted by Crippen LogP contribution is 2.33. The summed E-state index contributed by atoms with van der Waals surface area (Å²) in [7, 11) is 0. The van der Waals surface area contributed by atoms with E-state index in [1.54, 1.807) is 0 Å². The Morgan fingerprint density at radius 3 is 3.15 bits per heavy atom. The number of fused-ring (bicyclic) bond motifs is 1. The Labute approximate surface area is 132 Å². The molecule has 2 heterocycles. The van der Waals surface area contributed by atoms with Gasteiger partial charge in [-0.1, -0.05) is 13.3 Å². The number of hydrogen-bond donors (Lipinski definition) is 1. The molecule has 0 saturated heterocycles. The first-order chi connectivity index (χ1) is 9.78. The van der Waals surface area contributed by atoms with Gasteiger partial charge in [-0.2, -0.15) is 11.8 Å². The molecule has 1 fully saturated rings. The summed E-state index contributed by atoms with van der Waals surface area (Å²) < 4.78 is 0.968. The van der Waals surface area contributed by atoms with Crippen LogP contribution in [0.1, 0.15) is 26.2 Å². The molecule has 0 aliphatic heterocycles. The Hall–Kier alpha value is -0.810. The van der Waals surface area contributed by atoms with Crippen LogP contribution in [0, 0.1) is 0 Å². The summed E-state index contributed by atoms with van der Waals surface area (Å²) in [6.07, 6.45) is 7.57. The van der Waals surface area contributed by atoms with Gasteiger partial charge in [0.1, 0.15) is 5.52 Å². The molecule has 3 rings (SSSR count). The highest BCUT2D eigenvalue weighted by atomic mass is 79.9. The van der Waals surface area contributed by atoms with Gasteiger partial charge in [0.2, 0.25) is 0 Å². The molecule has 1 N–H and O–H groups in total. The molecule has 1 aliphatic carbocycles. The van der Waals surface area contributed by atoms with Crippen LogP contribution in [0.2, 0.25) is 0 Å². The first-order valence-electron chi connectivity index (χ1n) is 7.06. The van der Waals surface area contributed by atoms with E-state index in [2.05, 4.69) is 49.9 Å². The van der Waals surface area contributed by atoms with Crippen molar-refractivity contribution in [3.63, 3.8) is 0 Å². The number of rotatable bonds is 4. The van der Waals surface area contributed by atoms with Crippen LogP contribution < -0.4 is 5.32 Å². The Balaban J connectivity index is 1.87. The predicted octanol–water partition coefficient (Wildman–Crippen LogP) is 4.48. The van der Waals surface area contributed by atoms with Gasteiger partial charge >= 0.3 is 0 Å². The van der Waals surface area contributed by atoms with E-state index in [-0.39, 0.29) is 0 Å². The lowest BCUT2D eigenvalue weighted by Crippen LogP contribution is -2.26. The van der Waals surface area contributed by atoms with E-state index >= 15 is 0 Å². The van der Waals surface area contributed by atoms with Gasteiger partial charge in [-0.15, -0.1) is 0 Å². The van der Waals surface area contributed by atoms with Crippen LogP contribution >= 0.6 is 27.7 Å². The minimum Gasteiger partial charge on any atom is -0.379 e. The van der Waals surface area contributed by atoms with Gasteiger partial charge in [0, 0.05) is 28.2 Å². The largest absolute Gasteiger partial charge is 0.379 e. The van der Waals surface area contributed by atoms with E-state index in [1.807, 2.05) is 24.5 Å². The molecule has 0 bridgehead atoms. The third-order valence-electron chi connectivity index (χ3n) is 3.72. The van der Waals surface area contributed by atoms with Gasteiger partial charge in [0.25, 0.3) is 0 Å². The lowest BCUT2D eigenvalue weighted by Gasteiger charge is -2.21. The molecule has 2 atom stereocenters. The maximum atomic E-state index is 4.52. The van der Waals surface area contributed by atoms with Gasteiger partial charge < -0.3 is 5.32 Å². The van der Waals surface area contributed by atoms with Crippen molar-refractivity contribution < 1.29 is 0 Å². The number of nitrogens with zero attached hydrogens (tertiary/aromatic N) is 2. The van der Waals surface area contributed by atoms with E-state index < -0.39 is 0 Å². The zero-order valence-electron chi connectivity index (χ0n) is 11.5. The maximum Gasteiger partial charge on any atom is 0.112 e. The normalized spacial score (nSPS) is 22.3. The molecular formula is C15H18BrN3S. The molecule has 5 heteroatoms. The van der Waals surface area contributed by atoms with Gasteiger partial charge in [0.15, 0.2) is 0 Å². The lowest BCUT2D eigenvalue weighted by atomic mass is 10.2. The third kappa shape index (κ3) is 2.93. The Kier molecular flexibility index (Phi) is 4.46. The molecule has 2 unspecified atom stereocenters. The summed E-state index contributed by atoms with van der Waals surface area (Å²) in [5, 5.41) is 4.42. The standard InChI is InChI=1S/C15H18BrN3S/c1-2-20-14-5-3-4-11(14)19-12-6-7-17-13-8-10(16)9-18-15(12)13/h6-9,11,14H,2-5H2,1H3,(H,17,19). The van der Waals surface area contributed by atoms with E-state index in [4.69, 9.17) is 0 Å². The molecule has 3 nitrogen and oxygen atoms in total. The maximum absolute atomic E-state index is 4.52. The highest BCUT2D eigenvalue weighted by Gasteiger charge is 2.27. The average Bonchev–Trinajstić information content (AvgIpc) is 2.86. The zero-order chi connectivity index (χ0) is 13.9. The number of halogens is 1. The summed E-state index contributed by atoms with van der Waals surface area (Å²) in [4.78, 5) is 8.91. The smallest absolute Gasteiger partial charge is 0.112 e. The molecular weight excluding hydrogens is 334 g/mol. The number of hydrogen-bond acceptors (Lipinski definition) is 4. The summed E-state index contributed by atoms with van der Waals surface area (Å²) in [6, 6.07) is 4.60. The summed E-state index contributed by atoms with van der Waals surface area (Å²) in [5.41, 5.74) is 3.00. The highest BCUT2D eigenvalue weighted by molar-refractivity contribution is 9.10. The topological polar surface area (TPSA) is 37.8 Å². The van der Waals surface area contributed by atoms with Crippen molar-refractivity contribution in [3.8, 4) is 0 Å². The number of thioether (sulfide) groups is 1. The molecule has 1 saturated carbocycles. The quantitative estimate of drug-likeness (QED) is 0.881. The molecule has 0 aromatic carbocycles. The van der Waals surface area contributed by atoms with Crippen LogP contribution in [0.4, 0.5) is 5.69 Å². The van der Waals surface area contributed by atoms with Crippen molar-refractivity contribution >= 4 is 44.4 Å². The van der Waals surface area contributed by atoms with Crippen LogP contribution in [-0.4, -0.2) is 27.0 Å². The lowest BCUT2D eigenvalue weighted by molar-refractivity contribution is 0.768. The summed E-state index contributed by atoms with van der Waals surface area (Å²) in [5.74, 6) is 1.19. The van der Waals surface area contributed by atoms with Crippen molar-refractivity contribution in [2.75, 3.05) is 11.1 Å². The van der Waals surface area contributed by atoms with E-state index in [9.17, 15) is 0 Å². The Morgan fingerprint density at radius 1 is 1.40 bits per heavy atom.